The molecule has 1 saturated heterocycles. The van der Waals surface area contributed by atoms with Gasteiger partial charge < -0.3 is 24.8 Å². The Morgan fingerprint density at radius 3 is 2.95 bits per heavy atom. The highest BCUT2D eigenvalue weighted by Crippen LogP contribution is 2.26. The molecule has 1 aliphatic rings. The van der Waals surface area contributed by atoms with Gasteiger partial charge in [0.15, 0.2) is 0 Å². The smallest absolute Gasteiger partial charge is 0.270 e. The maximum absolute atomic E-state index is 10.3. The van der Waals surface area contributed by atoms with E-state index in [4.69, 9.17) is 19.8 Å². The van der Waals surface area contributed by atoms with Gasteiger partial charge in [-0.25, -0.2) is 0 Å². The van der Waals surface area contributed by atoms with Gasteiger partial charge in [-0.3, -0.25) is 0 Å². The van der Waals surface area contributed by atoms with Crippen LogP contribution in [0.25, 0.3) is 0 Å². The topological polar surface area (TPSA) is 79.7 Å². The molecule has 0 radical (unpaired) electrons. The van der Waals surface area contributed by atoms with Crippen LogP contribution in [0.1, 0.15) is 35.8 Å². The molecule has 1 fully saturated rings. The number of anilines is 1. The lowest BCUT2D eigenvalue weighted by molar-refractivity contribution is 0.0975. The van der Waals surface area contributed by atoms with Crippen molar-refractivity contribution in [3.63, 3.8) is 0 Å². The van der Waals surface area contributed by atoms with E-state index in [1.165, 1.54) is 0 Å². The van der Waals surface area contributed by atoms with Crippen molar-refractivity contribution in [3.8, 4) is 5.88 Å². The maximum atomic E-state index is 10.3. The number of morpholine rings is 1. The fraction of sp³-hybridized carbons (Fsp3) is 0.846. The van der Waals surface area contributed by atoms with E-state index in [1.54, 1.807) is 20.8 Å². The molecule has 21 heavy (non-hydrogen) atoms. The molecule has 0 spiro atoms. The van der Waals surface area contributed by atoms with Crippen LogP contribution in [0.2, 0.25) is 0 Å². The van der Waals surface area contributed by atoms with Crippen molar-refractivity contribution in [1.82, 2.24) is 14.1 Å². The van der Waals surface area contributed by atoms with Crippen LogP contribution in [0.4, 0.5) is 5.82 Å². The molecule has 7 nitrogen and oxygen atoms in total. The number of nitrogens with one attached hydrogen (secondary N) is 1. The number of hydrogen-bond acceptors (Lipinski definition) is 8. The Labute approximate surface area is 145 Å². The molecule has 0 aliphatic carbocycles. The van der Waals surface area contributed by atoms with Crippen molar-refractivity contribution >= 4 is 17.5 Å². The van der Waals surface area contributed by atoms with Crippen molar-refractivity contribution in [1.29, 1.82) is 0 Å². The lowest BCUT2D eigenvalue weighted by Gasteiger charge is -2.27. The van der Waals surface area contributed by atoms with E-state index in [1.807, 2.05) is 0 Å². The molecule has 2 N–H and O–H groups in total. The lowest BCUT2D eigenvalue weighted by atomic mass is 10.1. The first-order valence-electron chi connectivity index (χ1n) is 11.5. The Balaban J connectivity index is 2.48. The van der Waals surface area contributed by atoms with Gasteiger partial charge in [0.2, 0.25) is 5.82 Å². The minimum atomic E-state index is -3.37. The van der Waals surface area contributed by atoms with Gasteiger partial charge in [0.05, 0.1) is 39.9 Å². The van der Waals surface area contributed by atoms with E-state index in [2.05, 4.69) is 18.8 Å². The zero-order valence-corrected chi connectivity index (χ0v) is 12.5. The highest BCUT2D eigenvalue weighted by molar-refractivity contribution is 6.99. The van der Waals surface area contributed by atoms with Gasteiger partial charge >= 0.3 is 0 Å². The second-order valence-electron chi connectivity index (χ2n) is 5.01. The predicted octanol–water partition coefficient (Wildman–Crippen LogP) is 0.502. The standard InChI is InChI=1S/C13H24N4O3S/c1-13(2,3)14-8-10(18)9-20-12-11(15-21-16-12)17-4-6-19-7-5-17/h10,14,18H,4-9H2,1-3H3/t10-/m0/s1/i4D2,5D2,6D2,7D2,9D2,10D. The maximum Gasteiger partial charge on any atom is 0.270 e. The number of β-amino-alcohol motifs (C(OH)–C–C–N with tert-alkyl or cyclic N) is 1. The molecule has 0 unspecified atom stereocenters. The number of nitrogens with zero attached hydrogens (tertiary/aromatic N) is 3. The highest BCUT2D eigenvalue weighted by atomic mass is 32.1. The Hall–Kier alpha value is -0.960. The fourth-order valence-corrected chi connectivity index (χ4v) is 1.64. The largest absolute Gasteiger partial charge is 0.472 e. The zero-order chi connectivity index (χ0) is 25.2. The van der Waals surface area contributed by atoms with Crippen LogP contribution in [0, 0.1) is 0 Å². The van der Waals surface area contributed by atoms with Crippen molar-refractivity contribution in [2.45, 2.75) is 32.4 Å². The van der Waals surface area contributed by atoms with Crippen LogP contribution < -0.4 is 15.0 Å². The summed E-state index contributed by atoms with van der Waals surface area (Å²) in [5, 5.41) is 13.1. The number of aromatic nitrogens is 2. The molecular weight excluding hydrogens is 292 g/mol. The Morgan fingerprint density at radius 1 is 1.57 bits per heavy atom. The van der Waals surface area contributed by atoms with E-state index in [0.29, 0.717) is 11.7 Å². The molecule has 1 atom stereocenters. The molecule has 1 aliphatic heterocycles. The van der Waals surface area contributed by atoms with Crippen LogP contribution in [0.3, 0.4) is 0 Å². The third-order valence-electron chi connectivity index (χ3n) is 2.12. The normalized spacial score (nSPS) is 37.3. The van der Waals surface area contributed by atoms with Crippen molar-refractivity contribution in [2.75, 3.05) is 44.1 Å². The third-order valence-corrected chi connectivity index (χ3v) is 2.62. The van der Waals surface area contributed by atoms with Crippen LogP contribution in [-0.4, -0.2) is 64.7 Å². The summed E-state index contributed by atoms with van der Waals surface area (Å²) in [4.78, 5) is -0.0190. The Kier molecular flexibility index (Phi) is 2.48. The summed E-state index contributed by atoms with van der Waals surface area (Å²) in [6.45, 7) is -12.1. The molecule has 2 heterocycles. The SMILES string of the molecule is [2H]C1([2H])OC([2H])([2H])C([2H])([2H])N(c2nsnc2OC([2H])([2H])[C@@]([2H])(O)CNC(C)(C)C)C1([2H])[2H]. The van der Waals surface area contributed by atoms with Gasteiger partial charge in [0.1, 0.15) is 12.6 Å². The number of rotatable bonds is 6. The van der Waals surface area contributed by atoms with Crippen LogP contribution in [-0.2, 0) is 4.74 Å². The van der Waals surface area contributed by atoms with Gasteiger partial charge in [-0.15, -0.1) is 4.37 Å². The molecule has 0 bridgehead atoms. The first-order chi connectivity index (χ1) is 14.0. The molecular formula is C13H24N4O3S. The molecule has 0 amide bonds. The first kappa shape index (κ1) is 7.08. The Bertz CT molecular complexity index is 817. The molecule has 0 saturated carbocycles. The lowest BCUT2D eigenvalue weighted by Crippen LogP contribution is -2.42. The number of ether oxygens (including phenoxy) is 2. The van der Waals surface area contributed by atoms with E-state index in [-0.39, 0.29) is 4.90 Å². The highest BCUT2D eigenvalue weighted by Gasteiger charge is 2.21. The van der Waals surface area contributed by atoms with Gasteiger partial charge in [0.25, 0.3) is 5.88 Å². The van der Waals surface area contributed by atoms with E-state index in [9.17, 15) is 5.11 Å². The zero-order valence-electron chi connectivity index (χ0n) is 22.7. The predicted molar refractivity (Wildman–Crippen MR) is 82.2 cm³/mol. The van der Waals surface area contributed by atoms with Gasteiger partial charge in [0, 0.05) is 25.1 Å². The monoisotopic (exact) mass is 327 g/mol. The van der Waals surface area contributed by atoms with Gasteiger partial charge in [-0.2, -0.15) is 4.37 Å². The molecule has 2 rings (SSSR count). The second-order valence-corrected chi connectivity index (χ2v) is 5.54. The first-order valence-corrected chi connectivity index (χ1v) is 6.71. The summed E-state index contributed by atoms with van der Waals surface area (Å²) in [5.74, 6) is -1.74. The average molecular weight is 327 g/mol. The third kappa shape index (κ3) is 5.39. The summed E-state index contributed by atoms with van der Waals surface area (Å²) in [7, 11) is 0. The van der Waals surface area contributed by atoms with E-state index < -0.39 is 62.5 Å². The van der Waals surface area contributed by atoms with E-state index >= 15 is 0 Å². The van der Waals surface area contributed by atoms with Crippen molar-refractivity contribution in [3.05, 3.63) is 0 Å². The Morgan fingerprint density at radius 2 is 2.29 bits per heavy atom. The molecule has 120 valence electrons. The summed E-state index contributed by atoms with van der Waals surface area (Å²) >= 11 is 0.320. The molecule has 1 aromatic rings. The second kappa shape index (κ2) is 7.35. The van der Waals surface area contributed by atoms with Crippen LogP contribution >= 0.6 is 11.7 Å². The van der Waals surface area contributed by atoms with E-state index in [0.717, 1.165) is 0 Å². The summed E-state index contributed by atoms with van der Waals surface area (Å²) in [6, 6.07) is 0. The summed E-state index contributed by atoms with van der Waals surface area (Å²) in [5.41, 5.74) is -0.588. The molecule has 1 aromatic heterocycles. The van der Waals surface area contributed by atoms with Crippen LogP contribution in [0.5, 0.6) is 5.88 Å². The van der Waals surface area contributed by atoms with Gasteiger partial charge in [-0.1, -0.05) is 0 Å². The molecule has 0 aromatic carbocycles. The number of aliphatic hydroxyl groups is 1. The summed E-state index contributed by atoms with van der Waals surface area (Å²) in [6.07, 6.45) is -2.90. The number of hydrogen-bond donors (Lipinski definition) is 2. The van der Waals surface area contributed by atoms with Gasteiger partial charge in [-0.05, 0) is 20.8 Å². The van der Waals surface area contributed by atoms with Crippen LogP contribution in [0.15, 0.2) is 0 Å². The van der Waals surface area contributed by atoms with Crippen molar-refractivity contribution in [2.24, 2.45) is 0 Å². The molecule has 8 heteroatoms. The minimum Gasteiger partial charge on any atom is -0.472 e. The minimum absolute atomic E-state index is 0.0190. The average Bonchev–Trinajstić information content (AvgIpc) is 2.96. The van der Waals surface area contributed by atoms with Crippen molar-refractivity contribution < 1.29 is 29.7 Å². The quantitative estimate of drug-likeness (QED) is 0.787. The summed E-state index contributed by atoms with van der Waals surface area (Å²) < 4.78 is 104. The fourth-order valence-electron chi connectivity index (χ4n) is 1.17.